The molecular formula is C22H21N5O4. The van der Waals surface area contributed by atoms with Crippen molar-refractivity contribution in [1.82, 2.24) is 24.6 Å². The molecule has 0 bridgehead atoms. The first-order chi connectivity index (χ1) is 15.1. The van der Waals surface area contributed by atoms with E-state index in [4.69, 9.17) is 9.84 Å². The van der Waals surface area contributed by atoms with Crippen LogP contribution in [0, 0.1) is 11.8 Å². The van der Waals surface area contributed by atoms with Crippen LogP contribution in [0.5, 0.6) is 5.75 Å². The zero-order chi connectivity index (χ0) is 21.4. The van der Waals surface area contributed by atoms with Crippen LogP contribution in [0.25, 0.3) is 11.3 Å². The number of likely N-dealkylation sites (tertiary alicyclic amines) is 1. The third-order valence-electron chi connectivity index (χ3n) is 6.00. The second kappa shape index (κ2) is 7.82. The van der Waals surface area contributed by atoms with E-state index in [1.807, 2.05) is 30.3 Å². The fraction of sp³-hybridized carbons (Fsp3) is 0.318. The summed E-state index contributed by atoms with van der Waals surface area (Å²) in [4.78, 5) is 33.6. The van der Waals surface area contributed by atoms with E-state index >= 15 is 0 Å². The molecule has 31 heavy (non-hydrogen) atoms. The first-order valence-corrected chi connectivity index (χ1v) is 10.2. The molecule has 1 amide bonds. The maximum Gasteiger partial charge on any atom is 0.356 e. The van der Waals surface area contributed by atoms with Crippen LogP contribution in [0.15, 0.2) is 55.1 Å². The summed E-state index contributed by atoms with van der Waals surface area (Å²) >= 11 is 0. The van der Waals surface area contributed by atoms with Crippen molar-refractivity contribution in [3.63, 3.8) is 0 Å². The quantitative estimate of drug-likeness (QED) is 0.692. The topological polar surface area (TPSA) is 110 Å². The highest BCUT2D eigenvalue weighted by Gasteiger charge is 2.43. The Hall–Kier alpha value is -3.75. The molecule has 1 aliphatic carbocycles. The molecule has 9 nitrogen and oxygen atoms in total. The van der Waals surface area contributed by atoms with Crippen molar-refractivity contribution in [1.29, 1.82) is 0 Å². The minimum atomic E-state index is -1.14. The number of nitrogens with zero attached hydrogens (tertiary/aromatic N) is 5. The second-order valence-corrected chi connectivity index (χ2v) is 7.99. The predicted molar refractivity (Wildman–Crippen MR) is 110 cm³/mol. The number of carbonyl (C=O) groups is 2. The SMILES string of the molecule is O=C(O)c1ccn(C(=O)N2C[C@H]3CC(Oc4cccc(-c5ccncn5)c4)C[C@@H]3C2)n1. The van der Waals surface area contributed by atoms with Crippen molar-refractivity contribution >= 4 is 12.0 Å². The van der Waals surface area contributed by atoms with Crippen LogP contribution in [0.3, 0.4) is 0 Å². The summed E-state index contributed by atoms with van der Waals surface area (Å²) in [6.45, 7) is 1.26. The van der Waals surface area contributed by atoms with Gasteiger partial charge < -0.3 is 14.7 Å². The molecule has 5 rings (SSSR count). The maximum atomic E-state index is 12.7. The van der Waals surface area contributed by atoms with Crippen LogP contribution in [-0.4, -0.2) is 60.9 Å². The van der Waals surface area contributed by atoms with Gasteiger partial charge in [0.15, 0.2) is 5.69 Å². The molecule has 0 radical (unpaired) electrons. The minimum absolute atomic E-state index is 0.108. The number of carboxylic acids is 1. The molecule has 2 aliphatic rings. The lowest BCUT2D eigenvalue weighted by Gasteiger charge is -2.20. The van der Waals surface area contributed by atoms with E-state index in [9.17, 15) is 9.59 Å². The van der Waals surface area contributed by atoms with Gasteiger partial charge in [0, 0.05) is 31.0 Å². The average Bonchev–Trinajstić information content (AvgIpc) is 3.49. The molecule has 3 aromatic rings. The molecular weight excluding hydrogens is 398 g/mol. The number of hydrogen-bond acceptors (Lipinski definition) is 6. The zero-order valence-corrected chi connectivity index (χ0v) is 16.7. The fourth-order valence-electron chi connectivity index (χ4n) is 4.57. The van der Waals surface area contributed by atoms with Gasteiger partial charge in [-0.15, -0.1) is 0 Å². The summed E-state index contributed by atoms with van der Waals surface area (Å²) in [6.07, 6.45) is 6.51. The number of rotatable bonds is 4. The van der Waals surface area contributed by atoms with Gasteiger partial charge in [0.1, 0.15) is 12.1 Å². The standard InChI is InChI=1S/C22H21N5O4/c28-21(29)20-5-7-27(25-20)22(30)26-11-15-9-18(10-16(15)12-26)31-17-3-1-2-14(8-17)19-4-6-23-13-24-19/h1-8,13,15-16,18H,9-12H2,(H,28,29)/t15-,16-/m1/s1. The third kappa shape index (κ3) is 3.86. The number of hydrogen-bond donors (Lipinski definition) is 1. The fourth-order valence-corrected chi connectivity index (χ4v) is 4.57. The van der Waals surface area contributed by atoms with Crippen LogP contribution >= 0.6 is 0 Å². The number of carbonyl (C=O) groups excluding carboxylic acids is 1. The van der Waals surface area contributed by atoms with Crippen LogP contribution in [0.1, 0.15) is 23.3 Å². The normalized spacial score (nSPS) is 20.6. The summed E-state index contributed by atoms with van der Waals surface area (Å²) in [5, 5.41) is 12.8. The number of fused-ring (bicyclic) bond motifs is 1. The molecule has 1 saturated heterocycles. The minimum Gasteiger partial charge on any atom is -0.490 e. The Balaban J connectivity index is 1.20. The Bertz CT molecular complexity index is 1100. The monoisotopic (exact) mass is 419 g/mol. The number of benzene rings is 1. The van der Waals surface area contributed by atoms with Gasteiger partial charge in [-0.25, -0.2) is 19.6 Å². The lowest BCUT2D eigenvalue weighted by molar-refractivity contribution is 0.0690. The number of aromatic carboxylic acids is 1. The van der Waals surface area contributed by atoms with E-state index < -0.39 is 5.97 Å². The molecule has 2 fully saturated rings. The van der Waals surface area contributed by atoms with Gasteiger partial charge in [-0.2, -0.15) is 9.78 Å². The van der Waals surface area contributed by atoms with Crippen LogP contribution in [0.4, 0.5) is 4.79 Å². The lowest BCUT2D eigenvalue weighted by atomic mass is 10.0. The number of amides is 1. The Morgan fingerprint density at radius 3 is 2.58 bits per heavy atom. The summed E-state index contributed by atoms with van der Waals surface area (Å²) in [7, 11) is 0. The largest absolute Gasteiger partial charge is 0.490 e. The van der Waals surface area contributed by atoms with Crippen LogP contribution in [-0.2, 0) is 0 Å². The van der Waals surface area contributed by atoms with Crippen LogP contribution in [0.2, 0.25) is 0 Å². The first-order valence-electron chi connectivity index (χ1n) is 10.2. The number of ether oxygens (including phenoxy) is 1. The van der Waals surface area contributed by atoms with E-state index in [0.717, 1.165) is 34.5 Å². The first kappa shape index (κ1) is 19.2. The van der Waals surface area contributed by atoms with E-state index in [-0.39, 0.29) is 17.8 Å². The van der Waals surface area contributed by atoms with Gasteiger partial charge in [-0.05, 0) is 48.9 Å². The third-order valence-corrected chi connectivity index (χ3v) is 6.00. The highest BCUT2D eigenvalue weighted by atomic mass is 16.5. The molecule has 2 aromatic heterocycles. The number of aromatic nitrogens is 4. The van der Waals surface area contributed by atoms with Gasteiger partial charge in [0.2, 0.25) is 0 Å². The highest BCUT2D eigenvalue weighted by Crippen LogP contribution is 2.40. The maximum absolute atomic E-state index is 12.7. The zero-order valence-electron chi connectivity index (χ0n) is 16.7. The summed E-state index contributed by atoms with van der Waals surface area (Å²) in [6, 6.07) is 10.8. The molecule has 0 spiro atoms. The molecule has 3 heterocycles. The number of carboxylic acid groups (broad SMARTS) is 1. The van der Waals surface area contributed by atoms with Gasteiger partial charge in [-0.3, -0.25) is 0 Å². The molecule has 1 aliphatic heterocycles. The molecule has 1 saturated carbocycles. The highest BCUT2D eigenvalue weighted by molar-refractivity contribution is 5.86. The van der Waals surface area contributed by atoms with E-state index in [2.05, 4.69) is 15.1 Å². The average molecular weight is 419 g/mol. The predicted octanol–water partition coefficient (Wildman–Crippen LogP) is 2.80. The smallest absolute Gasteiger partial charge is 0.356 e. The van der Waals surface area contributed by atoms with Crippen molar-refractivity contribution in [2.75, 3.05) is 13.1 Å². The van der Waals surface area contributed by atoms with Gasteiger partial charge >= 0.3 is 12.0 Å². The Labute approximate surface area is 178 Å². The Morgan fingerprint density at radius 2 is 1.90 bits per heavy atom. The van der Waals surface area contributed by atoms with Gasteiger partial charge in [0.25, 0.3) is 0 Å². The van der Waals surface area contributed by atoms with Crippen molar-refractivity contribution in [3.05, 3.63) is 60.8 Å². The van der Waals surface area contributed by atoms with Gasteiger partial charge in [-0.1, -0.05) is 12.1 Å². The summed E-state index contributed by atoms with van der Waals surface area (Å²) < 4.78 is 7.36. The second-order valence-electron chi connectivity index (χ2n) is 7.99. The summed E-state index contributed by atoms with van der Waals surface area (Å²) in [5.41, 5.74) is 1.70. The van der Waals surface area contributed by atoms with Crippen LogP contribution < -0.4 is 4.74 Å². The van der Waals surface area contributed by atoms with E-state index in [1.54, 1.807) is 11.1 Å². The molecule has 2 atom stereocenters. The molecule has 0 unspecified atom stereocenters. The molecule has 9 heteroatoms. The van der Waals surface area contributed by atoms with Crippen molar-refractivity contribution in [2.24, 2.45) is 11.8 Å². The van der Waals surface area contributed by atoms with Crippen molar-refractivity contribution in [2.45, 2.75) is 18.9 Å². The summed E-state index contributed by atoms with van der Waals surface area (Å²) in [5.74, 6) is 0.405. The van der Waals surface area contributed by atoms with E-state index in [1.165, 1.54) is 18.6 Å². The van der Waals surface area contributed by atoms with Crippen molar-refractivity contribution < 1.29 is 19.4 Å². The Morgan fingerprint density at radius 1 is 1.10 bits per heavy atom. The molecule has 1 N–H and O–H groups in total. The van der Waals surface area contributed by atoms with E-state index in [0.29, 0.717) is 24.9 Å². The molecule has 158 valence electrons. The molecule has 1 aromatic carbocycles. The Kier molecular flexibility index (Phi) is 4.85. The van der Waals surface area contributed by atoms with Gasteiger partial charge in [0.05, 0.1) is 11.8 Å². The van der Waals surface area contributed by atoms with Crippen molar-refractivity contribution in [3.8, 4) is 17.0 Å². The lowest BCUT2D eigenvalue weighted by Crippen LogP contribution is -2.34.